The molecule has 1 heterocycles. The average Bonchev–Trinajstić information content (AvgIpc) is 3.06. The number of rotatable bonds is 7. The monoisotopic (exact) mass is 390 g/mol. The Balaban J connectivity index is 1.72. The predicted molar refractivity (Wildman–Crippen MR) is 96.8 cm³/mol. The van der Waals surface area contributed by atoms with Crippen molar-refractivity contribution in [1.29, 1.82) is 0 Å². The zero-order chi connectivity index (χ0) is 19.4. The molecular weight excluding hydrogens is 375 g/mol. The third-order valence-corrected chi connectivity index (χ3v) is 3.89. The minimum absolute atomic E-state index is 0.0527. The Morgan fingerprint density at radius 1 is 1.30 bits per heavy atom. The molecule has 0 aliphatic carbocycles. The second-order valence-corrected chi connectivity index (χ2v) is 6.29. The fourth-order valence-electron chi connectivity index (χ4n) is 2.40. The van der Waals surface area contributed by atoms with Crippen molar-refractivity contribution in [3.8, 4) is 17.2 Å². The second kappa shape index (κ2) is 8.15. The molecule has 2 aromatic carbocycles. The summed E-state index contributed by atoms with van der Waals surface area (Å²) in [4.78, 5) is 11.9. The Bertz CT molecular complexity index is 946. The molecule has 9 heteroatoms. The van der Waals surface area contributed by atoms with E-state index in [9.17, 15) is 9.18 Å². The zero-order valence-electron chi connectivity index (χ0n) is 14.0. The number of aromatic nitrogens is 3. The first kappa shape index (κ1) is 18.8. The van der Waals surface area contributed by atoms with Gasteiger partial charge in [0.05, 0.1) is 24.0 Å². The van der Waals surface area contributed by atoms with E-state index in [1.807, 2.05) is 0 Å². The lowest BCUT2D eigenvalue weighted by atomic mass is 10.1. The maximum atomic E-state index is 14.4. The molecule has 7 nitrogen and oxygen atoms in total. The van der Waals surface area contributed by atoms with Gasteiger partial charge >= 0.3 is 5.97 Å². The average molecular weight is 391 g/mol. The van der Waals surface area contributed by atoms with Crippen LogP contribution in [0.1, 0.15) is 12.1 Å². The molecule has 1 atom stereocenters. The Morgan fingerprint density at radius 2 is 2.04 bits per heavy atom. The van der Waals surface area contributed by atoms with Gasteiger partial charge in [0.2, 0.25) is 0 Å². The number of halogens is 2. The van der Waals surface area contributed by atoms with Gasteiger partial charge in [-0.1, -0.05) is 11.6 Å². The lowest BCUT2D eigenvalue weighted by Crippen LogP contribution is -2.26. The van der Waals surface area contributed by atoms with Crippen LogP contribution in [0.5, 0.6) is 11.5 Å². The van der Waals surface area contributed by atoms with E-state index in [0.29, 0.717) is 22.2 Å². The van der Waals surface area contributed by atoms with Crippen LogP contribution in [0.15, 0.2) is 48.7 Å². The largest absolute Gasteiger partial charge is 0.481 e. The second-order valence-electron chi connectivity index (χ2n) is 5.86. The highest BCUT2D eigenvalue weighted by Gasteiger charge is 2.13. The predicted octanol–water partition coefficient (Wildman–Crippen LogP) is 3.20. The summed E-state index contributed by atoms with van der Waals surface area (Å²) in [6.07, 6.45) is 1.56. The van der Waals surface area contributed by atoms with Crippen LogP contribution in [0.3, 0.4) is 0 Å². The van der Waals surface area contributed by atoms with Crippen LogP contribution in [0.2, 0.25) is 5.02 Å². The number of nitrogens with zero attached hydrogens (tertiary/aromatic N) is 3. The normalized spacial score (nSPS) is 12.0. The molecule has 0 aliphatic heterocycles. The topological polar surface area (TPSA) is 103 Å². The highest BCUT2D eigenvalue weighted by Crippen LogP contribution is 2.27. The van der Waals surface area contributed by atoms with E-state index in [2.05, 4.69) is 10.2 Å². The fourth-order valence-corrected chi connectivity index (χ4v) is 2.53. The first-order chi connectivity index (χ1) is 12.9. The molecule has 140 valence electrons. The quantitative estimate of drug-likeness (QED) is 0.642. The molecule has 0 radical (unpaired) electrons. The lowest BCUT2D eigenvalue weighted by Gasteiger charge is -2.08. The summed E-state index contributed by atoms with van der Waals surface area (Å²) in [6, 6.07) is 10.3. The third-order valence-electron chi connectivity index (χ3n) is 3.64. The zero-order valence-corrected chi connectivity index (χ0v) is 14.8. The van der Waals surface area contributed by atoms with Crippen molar-refractivity contribution in [2.45, 2.75) is 18.9 Å². The first-order valence-corrected chi connectivity index (χ1v) is 8.40. The molecule has 3 rings (SSSR count). The Kier molecular flexibility index (Phi) is 5.68. The summed E-state index contributed by atoms with van der Waals surface area (Å²) in [5.41, 5.74) is 6.65. The fraction of sp³-hybridized carbons (Fsp3) is 0.167. The van der Waals surface area contributed by atoms with Crippen molar-refractivity contribution >= 4 is 17.6 Å². The van der Waals surface area contributed by atoms with Gasteiger partial charge in [-0.05, 0) is 36.4 Å². The van der Waals surface area contributed by atoms with Crippen LogP contribution >= 0.6 is 11.6 Å². The molecule has 0 saturated heterocycles. The molecule has 3 aromatic rings. The number of aliphatic carboxylic acids is 1. The third kappa shape index (κ3) is 5.02. The van der Waals surface area contributed by atoms with Gasteiger partial charge in [-0.2, -0.15) is 15.0 Å². The maximum absolute atomic E-state index is 14.4. The molecular formula is C18H16ClFN4O3. The van der Waals surface area contributed by atoms with E-state index in [-0.39, 0.29) is 18.6 Å². The van der Waals surface area contributed by atoms with Crippen molar-refractivity contribution < 1.29 is 19.0 Å². The Morgan fingerprint density at radius 3 is 2.70 bits per heavy atom. The number of carbonyl (C=O) groups is 1. The number of benzene rings is 2. The van der Waals surface area contributed by atoms with Crippen molar-refractivity contribution in [3.63, 3.8) is 0 Å². The summed E-state index contributed by atoms with van der Waals surface area (Å²) in [5.74, 6) is -1.05. The lowest BCUT2D eigenvalue weighted by molar-refractivity contribution is -0.137. The van der Waals surface area contributed by atoms with Gasteiger partial charge in [0, 0.05) is 23.6 Å². The molecule has 0 spiro atoms. The highest BCUT2D eigenvalue weighted by atomic mass is 35.5. The number of carboxylic acid groups (broad SMARTS) is 1. The van der Waals surface area contributed by atoms with Gasteiger partial charge in [0.15, 0.2) is 11.6 Å². The van der Waals surface area contributed by atoms with E-state index in [0.717, 1.165) is 0 Å². The van der Waals surface area contributed by atoms with Crippen LogP contribution < -0.4 is 10.5 Å². The summed E-state index contributed by atoms with van der Waals surface area (Å²) in [5, 5.41) is 17.6. The van der Waals surface area contributed by atoms with E-state index < -0.39 is 17.8 Å². The molecule has 0 fully saturated rings. The molecule has 1 aromatic heterocycles. The van der Waals surface area contributed by atoms with Crippen LogP contribution in [0, 0.1) is 5.82 Å². The van der Waals surface area contributed by atoms with Crippen molar-refractivity contribution in [2.75, 3.05) is 0 Å². The van der Waals surface area contributed by atoms with Crippen molar-refractivity contribution in [2.24, 2.45) is 5.73 Å². The summed E-state index contributed by atoms with van der Waals surface area (Å²) >= 11 is 5.81. The molecule has 0 aliphatic rings. The highest BCUT2D eigenvalue weighted by molar-refractivity contribution is 6.30. The van der Waals surface area contributed by atoms with Crippen molar-refractivity contribution in [1.82, 2.24) is 15.0 Å². The van der Waals surface area contributed by atoms with Gasteiger partial charge in [-0.25, -0.2) is 4.39 Å². The van der Waals surface area contributed by atoms with Crippen LogP contribution in [-0.2, 0) is 11.2 Å². The summed E-state index contributed by atoms with van der Waals surface area (Å²) in [6.45, 7) is 0. The number of ether oxygens (including phenoxy) is 1. The Labute approximate surface area is 159 Å². The molecule has 0 amide bonds. The molecule has 27 heavy (non-hydrogen) atoms. The number of nitrogens with two attached hydrogens (primary N) is 1. The number of hydrogen-bond donors (Lipinski definition) is 2. The van der Waals surface area contributed by atoms with Crippen LogP contribution in [-0.4, -0.2) is 32.1 Å². The smallest absolute Gasteiger partial charge is 0.304 e. The van der Waals surface area contributed by atoms with E-state index in [1.165, 1.54) is 23.1 Å². The van der Waals surface area contributed by atoms with E-state index in [1.54, 1.807) is 30.3 Å². The standard InChI is InChI=1S/C18H16ClFN4O3/c19-11-1-4-15(5-2-11)27-17-6-3-14(9-16(17)20)24-22-10-13(23-24)7-12(21)8-18(25)26/h1-6,9-10,12H,7-8,21H2,(H,25,26). The minimum atomic E-state index is -0.978. The molecule has 0 bridgehead atoms. The van der Waals surface area contributed by atoms with Crippen molar-refractivity contribution in [3.05, 3.63) is 65.2 Å². The molecule has 3 N–H and O–H groups in total. The summed E-state index contributed by atoms with van der Waals surface area (Å²) < 4.78 is 19.8. The van der Waals surface area contributed by atoms with Crippen LogP contribution in [0.25, 0.3) is 5.69 Å². The first-order valence-electron chi connectivity index (χ1n) is 8.02. The van der Waals surface area contributed by atoms with Gasteiger partial charge < -0.3 is 15.6 Å². The van der Waals surface area contributed by atoms with Crippen LogP contribution in [0.4, 0.5) is 4.39 Å². The van der Waals surface area contributed by atoms with Gasteiger partial charge in [-0.3, -0.25) is 4.79 Å². The number of hydrogen-bond acceptors (Lipinski definition) is 5. The SMILES string of the molecule is NC(CC(=O)O)Cc1cnn(-c2ccc(Oc3ccc(Cl)cc3)c(F)c2)n1. The number of carboxylic acids is 1. The molecule has 1 unspecified atom stereocenters. The van der Waals surface area contributed by atoms with Gasteiger partial charge in [-0.15, -0.1) is 0 Å². The van der Waals surface area contributed by atoms with Gasteiger partial charge in [0.1, 0.15) is 5.75 Å². The summed E-state index contributed by atoms with van der Waals surface area (Å²) in [7, 11) is 0. The van der Waals surface area contributed by atoms with E-state index in [4.69, 9.17) is 27.2 Å². The minimum Gasteiger partial charge on any atom is -0.481 e. The van der Waals surface area contributed by atoms with E-state index >= 15 is 0 Å². The maximum Gasteiger partial charge on any atom is 0.304 e. The van der Waals surface area contributed by atoms with Gasteiger partial charge in [0.25, 0.3) is 0 Å². The molecule has 0 saturated carbocycles. The Hall–Kier alpha value is -2.97.